The summed E-state index contributed by atoms with van der Waals surface area (Å²) >= 11 is 0. The van der Waals surface area contributed by atoms with E-state index in [4.69, 9.17) is 5.26 Å². The highest BCUT2D eigenvalue weighted by molar-refractivity contribution is 5.48. The van der Waals surface area contributed by atoms with E-state index < -0.39 is 0 Å². The molecule has 1 aromatic heterocycles. The van der Waals surface area contributed by atoms with E-state index in [9.17, 15) is 0 Å². The monoisotopic (exact) mass is 232 g/mol. The molecule has 0 aliphatic carbocycles. The van der Waals surface area contributed by atoms with Crippen molar-refractivity contribution in [2.45, 2.75) is 18.9 Å². The van der Waals surface area contributed by atoms with Gasteiger partial charge >= 0.3 is 0 Å². The fraction of sp³-hybridized carbons (Fsp3) is 0.545. The lowest BCUT2D eigenvalue weighted by atomic mass is 10.1. The molecule has 1 unspecified atom stereocenters. The Morgan fingerprint density at radius 3 is 3.06 bits per heavy atom. The second-order valence-corrected chi connectivity index (χ2v) is 4.27. The first-order valence-electron chi connectivity index (χ1n) is 5.70. The molecule has 2 rings (SSSR count). The molecule has 0 spiro atoms. The fourth-order valence-electron chi connectivity index (χ4n) is 2.06. The van der Waals surface area contributed by atoms with E-state index in [0.717, 1.165) is 25.3 Å². The summed E-state index contributed by atoms with van der Waals surface area (Å²) in [6, 6.07) is 2.16. The minimum absolute atomic E-state index is 0.415. The normalized spacial score (nSPS) is 20.6. The van der Waals surface area contributed by atoms with Gasteiger partial charge in [-0.1, -0.05) is 0 Å². The topological polar surface area (TPSA) is 76.9 Å². The molecule has 2 N–H and O–H groups in total. The predicted molar refractivity (Wildman–Crippen MR) is 65.4 cm³/mol. The maximum atomic E-state index is 8.52. The maximum absolute atomic E-state index is 8.52. The van der Waals surface area contributed by atoms with Gasteiger partial charge in [0.15, 0.2) is 6.19 Å². The third-order valence-electron chi connectivity index (χ3n) is 2.83. The molecule has 1 aromatic rings. The van der Waals surface area contributed by atoms with Crippen LogP contribution in [0, 0.1) is 11.5 Å². The summed E-state index contributed by atoms with van der Waals surface area (Å²) in [5, 5.41) is 14.4. The third-order valence-corrected chi connectivity index (χ3v) is 2.83. The molecule has 0 saturated carbocycles. The number of aromatic nitrogens is 2. The summed E-state index contributed by atoms with van der Waals surface area (Å²) in [5.41, 5.74) is 0. The summed E-state index contributed by atoms with van der Waals surface area (Å²) in [6.07, 6.45) is 5.64. The number of anilines is 2. The van der Waals surface area contributed by atoms with Gasteiger partial charge < -0.3 is 10.2 Å². The van der Waals surface area contributed by atoms with Crippen molar-refractivity contribution in [2.75, 3.05) is 30.8 Å². The predicted octanol–water partition coefficient (Wildman–Crippen LogP) is 0.876. The summed E-state index contributed by atoms with van der Waals surface area (Å²) in [5.74, 6) is 1.28. The third kappa shape index (κ3) is 3.29. The average Bonchev–Trinajstić information content (AvgIpc) is 2.30. The molecule has 1 aliphatic rings. The van der Waals surface area contributed by atoms with Crippen molar-refractivity contribution in [2.24, 2.45) is 0 Å². The van der Waals surface area contributed by atoms with Gasteiger partial charge in [0, 0.05) is 18.7 Å². The Labute approximate surface area is 101 Å². The van der Waals surface area contributed by atoms with Crippen molar-refractivity contribution in [3.05, 3.63) is 12.4 Å². The first kappa shape index (κ1) is 11.6. The average molecular weight is 232 g/mol. The van der Waals surface area contributed by atoms with Crippen LogP contribution in [0.25, 0.3) is 0 Å². The van der Waals surface area contributed by atoms with Crippen LogP contribution in [0.15, 0.2) is 12.4 Å². The van der Waals surface area contributed by atoms with Gasteiger partial charge in [0.25, 0.3) is 0 Å². The van der Waals surface area contributed by atoms with Crippen molar-refractivity contribution in [1.82, 2.24) is 14.9 Å². The molecule has 1 aliphatic heterocycles. The van der Waals surface area contributed by atoms with Crippen molar-refractivity contribution in [3.63, 3.8) is 0 Å². The quantitative estimate of drug-likeness (QED) is 0.595. The molecule has 1 fully saturated rings. The largest absolute Gasteiger partial charge is 0.366 e. The van der Waals surface area contributed by atoms with E-state index in [1.54, 1.807) is 6.07 Å². The number of nitriles is 1. The smallest absolute Gasteiger partial charge is 0.182 e. The van der Waals surface area contributed by atoms with Crippen LogP contribution in [-0.4, -0.2) is 41.0 Å². The Morgan fingerprint density at radius 1 is 1.47 bits per heavy atom. The number of likely N-dealkylation sites (tertiary alicyclic amines) is 1. The molecular weight excluding hydrogens is 216 g/mol. The standard InChI is InChI=1S/C11H16N6/c1-17-4-2-3-9(6-17)16-11-5-10(13-7-12)14-8-15-11/h5,8-9H,2-4,6H2,1H3,(H2,13,14,15,16). The Kier molecular flexibility index (Phi) is 3.73. The molecular formula is C11H16N6. The van der Waals surface area contributed by atoms with Gasteiger partial charge in [-0.3, -0.25) is 5.32 Å². The van der Waals surface area contributed by atoms with E-state index in [1.165, 1.54) is 12.7 Å². The van der Waals surface area contributed by atoms with Gasteiger partial charge in [0.2, 0.25) is 0 Å². The van der Waals surface area contributed by atoms with Gasteiger partial charge in [-0.05, 0) is 26.4 Å². The molecule has 6 nitrogen and oxygen atoms in total. The zero-order valence-corrected chi connectivity index (χ0v) is 9.85. The zero-order chi connectivity index (χ0) is 12.1. The van der Waals surface area contributed by atoms with Gasteiger partial charge in [-0.2, -0.15) is 5.26 Å². The van der Waals surface area contributed by atoms with Gasteiger partial charge in [0.05, 0.1) is 0 Å². The minimum atomic E-state index is 0.415. The van der Waals surface area contributed by atoms with Crippen molar-refractivity contribution in [1.29, 1.82) is 5.26 Å². The van der Waals surface area contributed by atoms with Crippen LogP contribution in [0.2, 0.25) is 0 Å². The lowest BCUT2D eigenvalue weighted by molar-refractivity contribution is 0.261. The lowest BCUT2D eigenvalue weighted by Gasteiger charge is -2.30. The van der Waals surface area contributed by atoms with E-state index in [-0.39, 0.29) is 0 Å². The number of nitrogens with zero attached hydrogens (tertiary/aromatic N) is 4. The fourth-order valence-corrected chi connectivity index (χ4v) is 2.06. The van der Waals surface area contributed by atoms with Gasteiger partial charge in [-0.15, -0.1) is 0 Å². The van der Waals surface area contributed by atoms with Crippen LogP contribution in [0.5, 0.6) is 0 Å². The number of hydrogen-bond acceptors (Lipinski definition) is 6. The molecule has 0 radical (unpaired) electrons. The molecule has 6 heteroatoms. The minimum Gasteiger partial charge on any atom is -0.366 e. The van der Waals surface area contributed by atoms with Crippen LogP contribution in [0.4, 0.5) is 11.6 Å². The Morgan fingerprint density at radius 2 is 2.29 bits per heavy atom. The van der Waals surface area contributed by atoms with E-state index in [1.807, 2.05) is 6.19 Å². The number of likely N-dealkylation sites (N-methyl/N-ethyl adjacent to an activating group) is 1. The Balaban J connectivity index is 1.98. The van der Waals surface area contributed by atoms with Crippen LogP contribution in [0.3, 0.4) is 0 Å². The van der Waals surface area contributed by atoms with Crippen molar-refractivity contribution in [3.8, 4) is 6.19 Å². The molecule has 1 saturated heterocycles. The zero-order valence-electron chi connectivity index (χ0n) is 9.85. The Bertz CT molecular complexity index is 413. The maximum Gasteiger partial charge on any atom is 0.182 e. The number of hydrogen-bond donors (Lipinski definition) is 2. The molecule has 0 bridgehead atoms. The van der Waals surface area contributed by atoms with Crippen molar-refractivity contribution < 1.29 is 0 Å². The van der Waals surface area contributed by atoms with Gasteiger partial charge in [0.1, 0.15) is 18.0 Å². The molecule has 2 heterocycles. The van der Waals surface area contributed by atoms with Crippen LogP contribution in [-0.2, 0) is 0 Å². The van der Waals surface area contributed by atoms with Crippen LogP contribution < -0.4 is 10.6 Å². The van der Waals surface area contributed by atoms with E-state index in [0.29, 0.717) is 11.9 Å². The highest BCUT2D eigenvalue weighted by Crippen LogP contribution is 2.14. The summed E-state index contributed by atoms with van der Waals surface area (Å²) in [4.78, 5) is 10.4. The van der Waals surface area contributed by atoms with Gasteiger partial charge in [-0.25, -0.2) is 9.97 Å². The molecule has 1 atom stereocenters. The number of nitrogens with one attached hydrogen (secondary N) is 2. The van der Waals surface area contributed by atoms with Crippen LogP contribution in [0.1, 0.15) is 12.8 Å². The lowest BCUT2D eigenvalue weighted by Crippen LogP contribution is -2.39. The second-order valence-electron chi connectivity index (χ2n) is 4.27. The SMILES string of the molecule is CN1CCCC(Nc2cc(NC#N)ncn2)C1. The number of rotatable bonds is 3. The molecule has 0 aromatic carbocycles. The Hall–Kier alpha value is -1.87. The van der Waals surface area contributed by atoms with Crippen molar-refractivity contribution >= 4 is 11.6 Å². The highest BCUT2D eigenvalue weighted by atomic mass is 15.2. The second kappa shape index (κ2) is 5.46. The molecule has 0 amide bonds. The summed E-state index contributed by atoms with van der Waals surface area (Å²) < 4.78 is 0. The van der Waals surface area contributed by atoms with E-state index >= 15 is 0 Å². The molecule has 90 valence electrons. The summed E-state index contributed by atoms with van der Waals surface area (Å²) in [7, 11) is 2.12. The highest BCUT2D eigenvalue weighted by Gasteiger charge is 2.17. The summed E-state index contributed by atoms with van der Waals surface area (Å²) in [6.45, 7) is 2.17. The first-order chi connectivity index (χ1) is 8.28. The number of piperidine rings is 1. The molecule has 17 heavy (non-hydrogen) atoms. The van der Waals surface area contributed by atoms with E-state index in [2.05, 4.69) is 32.5 Å². The van der Waals surface area contributed by atoms with Crippen LogP contribution >= 0.6 is 0 Å². The first-order valence-corrected chi connectivity index (χ1v) is 5.70.